The molecule has 10 heteroatoms. The molecule has 1 aromatic heterocycles. The van der Waals surface area contributed by atoms with Crippen LogP contribution >= 0.6 is 34.5 Å². The molecule has 0 fully saturated rings. The highest BCUT2D eigenvalue weighted by atomic mass is 35.5. The van der Waals surface area contributed by atoms with Gasteiger partial charge in [0.25, 0.3) is 5.91 Å². The zero-order valence-corrected chi connectivity index (χ0v) is 21.0. The summed E-state index contributed by atoms with van der Waals surface area (Å²) < 4.78 is 27.1. The maximum absolute atomic E-state index is 12.9. The summed E-state index contributed by atoms with van der Waals surface area (Å²) in [6.45, 7) is 0.244. The number of halogens is 2. The standard InChI is InChI=1S/C24H19Cl2N3O3S2/c1-29(14-16-5-3-2-4-6-16)34(31,32)19-10-7-17(8-11-19)23(30)28-24-27-22(15-33-24)20-13-18(25)9-12-21(20)26/h2-13,15H,14H2,1H3,(H,27,28,30). The molecule has 6 nitrogen and oxygen atoms in total. The Hall–Kier alpha value is -2.75. The van der Waals surface area contributed by atoms with Crippen LogP contribution in [0.3, 0.4) is 0 Å². The van der Waals surface area contributed by atoms with Crippen LogP contribution in [0.2, 0.25) is 10.0 Å². The van der Waals surface area contributed by atoms with Crippen LogP contribution in [-0.4, -0.2) is 30.7 Å². The number of aromatic nitrogens is 1. The van der Waals surface area contributed by atoms with Gasteiger partial charge >= 0.3 is 0 Å². The minimum absolute atomic E-state index is 0.106. The van der Waals surface area contributed by atoms with Crippen molar-refractivity contribution in [1.82, 2.24) is 9.29 Å². The number of hydrogen-bond acceptors (Lipinski definition) is 5. The fourth-order valence-corrected chi connectivity index (χ4v) is 5.45. The van der Waals surface area contributed by atoms with Gasteiger partial charge in [-0.25, -0.2) is 13.4 Å². The lowest BCUT2D eigenvalue weighted by atomic mass is 10.2. The average molecular weight is 532 g/mol. The van der Waals surface area contributed by atoms with Crippen LogP contribution in [0.15, 0.2) is 83.1 Å². The summed E-state index contributed by atoms with van der Waals surface area (Å²) >= 11 is 13.5. The zero-order valence-electron chi connectivity index (χ0n) is 17.9. The Balaban J connectivity index is 1.45. The van der Waals surface area contributed by atoms with Crippen LogP contribution in [0.25, 0.3) is 11.3 Å². The molecule has 0 saturated carbocycles. The number of thiazole rings is 1. The molecule has 0 spiro atoms. The Morgan fingerprint density at radius 3 is 2.44 bits per heavy atom. The number of anilines is 1. The van der Waals surface area contributed by atoms with Gasteiger partial charge < -0.3 is 0 Å². The molecule has 4 aromatic rings. The molecule has 0 aliphatic rings. The number of amides is 1. The lowest BCUT2D eigenvalue weighted by Gasteiger charge is -2.17. The van der Waals surface area contributed by atoms with E-state index in [4.69, 9.17) is 23.2 Å². The van der Waals surface area contributed by atoms with E-state index < -0.39 is 15.9 Å². The van der Waals surface area contributed by atoms with Crippen molar-refractivity contribution in [2.45, 2.75) is 11.4 Å². The normalized spacial score (nSPS) is 11.5. The Morgan fingerprint density at radius 1 is 1.03 bits per heavy atom. The Labute approximate surface area is 211 Å². The SMILES string of the molecule is CN(Cc1ccccc1)S(=O)(=O)c1ccc(C(=O)Nc2nc(-c3cc(Cl)ccc3Cl)cs2)cc1. The smallest absolute Gasteiger partial charge is 0.257 e. The molecule has 4 rings (SSSR count). The Morgan fingerprint density at radius 2 is 1.74 bits per heavy atom. The number of rotatable bonds is 7. The van der Waals surface area contributed by atoms with Gasteiger partial charge in [0.05, 0.1) is 15.6 Å². The van der Waals surface area contributed by atoms with Gasteiger partial charge in [0, 0.05) is 35.1 Å². The van der Waals surface area contributed by atoms with E-state index in [1.807, 2.05) is 30.3 Å². The van der Waals surface area contributed by atoms with Crippen LogP contribution in [0.4, 0.5) is 5.13 Å². The van der Waals surface area contributed by atoms with Crippen molar-refractivity contribution in [1.29, 1.82) is 0 Å². The van der Waals surface area contributed by atoms with E-state index in [0.717, 1.165) is 5.56 Å². The zero-order chi connectivity index (χ0) is 24.3. The quantitative estimate of drug-likeness (QED) is 0.308. The lowest BCUT2D eigenvalue weighted by molar-refractivity contribution is 0.102. The molecule has 1 heterocycles. The summed E-state index contributed by atoms with van der Waals surface area (Å²) in [4.78, 5) is 17.2. The van der Waals surface area contributed by atoms with Gasteiger partial charge in [-0.05, 0) is 48.0 Å². The highest BCUT2D eigenvalue weighted by molar-refractivity contribution is 7.89. The first kappa shape index (κ1) is 24.4. The van der Waals surface area contributed by atoms with Gasteiger partial charge in [0.15, 0.2) is 5.13 Å². The number of carbonyl (C=O) groups is 1. The second-order valence-electron chi connectivity index (χ2n) is 7.39. The third-order valence-electron chi connectivity index (χ3n) is 5.00. The third kappa shape index (κ3) is 5.48. The first-order chi connectivity index (χ1) is 16.2. The molecule has 0 unspecified atom stereocenters. The summed E-state index contributed by atoms with van der Waals surface area (Å²) in [6, 6.07) is 20.2. The number of nitrogens with zero attached hydrogens (tertiary/aromatic N) is 2. The number of hydrogen-bond donors (Lipinski definition) is 1. The van der Waals surface area contributed by atoms with Crippen molar-refractivity contribution in [2.24, 2.45) is 0 Å². The van der Waals surface area contributed by atoms with Gasteiger partial charge in [-0.15, -0.1) is 11.3 Å². The van der Waals surface area contributed by atoms with E-state index in [0.29, 0.717) is 32.0 Å². The molecule has 0 aliphatic carbocycles. The van der Waals surface area contributed by atoms with Gasteiger partial charge in [-0.2, -0.15) is 4.31 Å². The molecular weight excluding hydrogens is 513 g/mol. The van der Waals surface area contributed by atoms with E-state index in [1.165, 1.54) is 47.0 Å². The van der Waals surface area contributed by atoms with Crippen LogP contribution < -0.4 is 5.32 Å². The number of nitrogens with one attached hydrogen (secondary N) is 1. The summed E-state index contributed by atoms with van der Waals surface area (Å²) in [5.74, 6) is -0.403. The highest BCUT2D eigenvalue weighted by Gasteiger charge is 2.21. The van der Waals surface area contributed by atoms with Gasteiger partial charge in [-0.1, -0.05) is 53.5 Å². The van der Waals surface area contributed by atoms with Crippen molar-refractivity contribution in [2.75, 3.05) is 12.4 Å². The van der Waals surface area contributed by atoms with Crippen molar-refractivity contribution >= 4 is 55.6 Å². The van der Waals surface area contributed by atoms with Crippen molar-refractivity contribution in [3.63, 3.8) is 0 Å². The van der Waals surface area contributed by atoms with Crippen LogP contribution in [-0.2, 0) is 16.6 Å². The summed E-state index contributed by atoms with van der Waals surface area (Å²) in [7, 11) is -2.18. The first-order valence-electron chi connectivity index (χ1n) is 10.1. The summed E-state index contributed by atoms with van der Waals surface area (Å²) in [6.07, 6.45) is 0. The first-order valence-corrected chi connectivity index (χ1v) is 13.1. The number of sulfonamides is 1. The molecule has 174 valence electrons. The second-order valence-corrected chi connectivity index (χ2v) is 11.1. The molecule has 0 bridgehead atoms. The van der Waals surface area contributed by atoms with Crippen LogP contribution in [0, 0.1) is 0 Å². The lowest BCUT2D eigenvalue weighted by Crippen LogP contribution is -2.26. The maximum atomic E-state index is 12.9. The van der Waals surface area contributed by atoms with E-state index in [1.54, 1.807) is 23.6 Å². The molecule has 0 saturated heterocycles. The van der Waals surface area contributed by atoms with E-state index in [2.05, 4.69) is 10.3 Å². The van der Waals surface area contributed by atoms with Gasteiger partial charge in [0.2, 0.25) is 10.0 Å². The predicted octanol–water partition coefficient (Wildman–Crippen LogP) is 6.19. The van der Waals surface area contributed by atoms with Crippen molar-refractivity contribution in [3.8, 4) is 11.3 Å². The minimum Gasteiger partial charge on any atom is -0.298 e. The highest BCUT2D eigenvalue weighted by Crippen LogP contribution is 2.32. The molecule has 1 N–H and O–H groups in total. The predicted molar refractivity (Wildman–Crippen MR) is 137 cm³/mol. The monoisotopic (exact) mass is 531 g/mol. The van der Waals surface area contributed by atoms with E-state index >= 15 is 0 Å². The Kier molecular flexibility index (Phi) is 7.35. The summed E-state index contributed by atoms with van der Waals surface area (Å²) in [5, 5.41) is 5.91. The largest absolute Gasteiger partial charge is 0.298 e. The maximum Gasteiger partial charge on any atom is 0.257 e. The van der Waals surface area contributed by atoms with Crippen LogP contribution in [0.5, 0.6) is 0 Å². The van der Waals surface area contributed by atoms with E-state index in [-0.39, 0.29) is 11.4 Å². The average Bonchev–Trinajstić information content (AvgIpc) is 3.29. The second kappa shape index (κ2) is 10.2. The number of benzene rings is 3. The fourth-order valence-electron chi connectivity index (χ4n) is 3.20. The number of carbonyl (C=O) groups excluding carboxylic acids is 1. The molecular formula is C24H19Cl2N3O3S2. The molecule has 0 radical (unpaired) electrons. The van der Waals surface area contributed by atoms with E-state index in [9.17, 15) is 13.2 Å². The molecule has 1 amide bonds. The minimum atomic E-state index is -3.71. The van der Waals surface area contributed by atoms with Crippen molar-refractivity contribution in [3.05, 3.63) is 99.3 Å². The topological polar surface area (TPSA) is 79.4 Å². The van der Waals surface area contributed by atoms with Gasteiger partial charge in [0.1, 0.15) is 0 Å². The molecule has 34 heavy (non-hydrogen) atoms. The molecule has 0 atom stereocenters. The molecule has 0 aliphatic heterocycles. The van der Waals surface area contributed by atoms with Gasteiger partial charge in [-0.3, -0.25) is 10.1 Å². The summed E-state index contributed by atoms with van der Waals surface area (Å²) in [5.41, 5.74) is 2.45. The van der Waals surface area contributed by atoms with Crippen LogP contribution in [0.1, 0.15) is 15.9 Å². The third-order valence-corrected chi connectivity index (χ3v) is 8.14. The Bertz CT molecular complexity index is 1420. The molecule has 3 aromatic carbocycles. The van der Waals surface area contributed by atoms with Crippen molar-refractivity contribution < 1.29 is 13.2 Å². The fraction of sp³-hybridized carbons (Fsp3) is 0.0833.